The number of halogens is 2. The Morgan fingerprint density at radius 3 is 2.94 bits per heavy atom. The minimum atomic E-state index is -0.273. The van der Waals surface area contributed by atoms with Crippen molar-refractivity contribution in [1.29, 1.82) is 0 Å². The maximum Gasteiger partial charge on any atom is 0.128 e. The van der Waals surface area contributed by atoms with Crippen molar-refractivity contribution in [1.82, 2.24) is 5.32 Å². The number of nitrogens with one attached hydrogen (secondary N) is 1. The van der Waals surface area contributed by atoms with Gasteiger partial charge in [-0.3, -0.25) is 0 Å². The van der Waals surface area contributed by atoms with E-state index in [4.69, 9.17) is 4.74 Å². The summed E-state index contributed by atoms with van der Waals surface area (Å²) in [5.41, 5.74) is 0. The zero-order valence-electron chi connectivity index (χ0n) is 9.72. The van der Waals surface area contributed by atoms with Gasteiger partial charge in [-0.1, -0.05) is 22.4 Å². The van der Waals surface area contributed by atoms with Crippen LogP contribution in [0.3, 0.4) is 0 Å². The van der Waals surface area contributed by atoms with Gasteiger partial charge < -0.3 is 10.1 Å². The van der Waals surface area contributed by atoms with Gasteiger partial charge in [0, 0.05) is 16.6 Å². The number of rotatable bonds is 4. The molecule has 1 aliphatic heterocycles. The van der Waals surface area contributed by atoms with Crippen molar-refractivity contribution >= 4 is 15.9 Å². The van der Waals surface area contributed by atoms with Gasteiger partial charge in [-0.15, -0.1) is 0 Å². The smallest absolute Gasteiger partial charge is 0.128 e. The van der Waals surface area contributed by atoms with Crippen molar-refractivity contribution < 1.29 is 9.13 Å². The lowest BCUT2D eigenvalue weighted by atomic mass is 10.0. The second kappa shape index (κ2) is 6.36. The van der Waals surface area contributed by atoms with Crippen LogP contribution in [0.25, 0.3) is 0 Å². The third-order valence-corrected chi connectivity index (χ3v) is 3.44. The summed E-state index contributed by atoms with van der Waals surface area (Å²) in [5, 5.41) is 3.46. The van der Waals surface area contributed by atoms with E-state index in [-0.39, 0.29) is 5.82 Å². The maximum atomic E-state index is 13.1. The lowest BCUT2D eigenvalue weighted by molar-refractivity contribution is 0.267. The Balaban J connectivity index is 1.77. The quantitative estimate of drug-likeness (QED) is 0.919. The summed E-state index contributed by atoms with van der Waals surface area (Å²) in [6.45, 7) is 1.74. The largest absolute Gasteiger partial charge is 0.493 e. The third-order valence-electron chi connectivity index (χ3n) is 2.98. The Labute approximate surface area is 110 Å². The van der Waals surface area contributed by atoms with Crippen molar-refractivity contribution in [2.45, 2.75) is 31.7 Å². The van der Waals surface area contributed by atoms with Crippen molar-refractivity contribution in [3.8, 4) is 5.75 Å². The zero-order chi connectivity index (χ0) is 12.1. The number of piperidine rings is 1. The van der Waals surface area contributed by atoms with Gasteiger partial charge in [-0.2, -0.15) is 0 Å². The molecule has 1 atom stereocenters. The molecular formula is C13H17BrFNO. The number of ether oxygens (including phenoxy) is 1. The van der Waals surface area contributed by atoms with Crippen molar-refractivity contribution in [2.24, 2.45) is 0 Å². The fourth-order valence-electron chi connectivity index (χ4n) is 2.10. The van der Waals surface area contributed by atoms with Crippen molar-refractivity contribution in [2.75, 3.05) is 13.2 Å². The Kier molecular flexibility index (Phi) is 4.80. The van der Waals surface area contributed by atoms with E-state index in [1.54, 1.807) is 6.07 Å². The molecule has 0 radical (unpaired) electrons. The van der Waals surface area contributed by atoms with E-state index in [9.17, 15) is 4.39 Å². The topological polar surface area (TPSA) is 21.3 Å². The first-order chi connectivity index (χ1) is 8.24. The highest BCUT2D eigenvalue weighted by molar-refractivity contribution is 9.10. The number of benzene rings is 1. The lowest BCUT2D eigenvalue weighted by Crippen LogP contribution is -2.35. The summed E-state index contributed by atoms with van der Waals surface area (Å²) < 4.78 is 19.4. The third kappa shape index (κ3) is 4.28. The minimum Gasteiger partial charge on any atom is -0.493 e. The SMILES string of the molecule is Fc1cc(Br)cc(OCCC2CCCCN2)c1. The van der Waals surface area contributed by atoms with Crippen LogP contribution in [0, 0.1) is 5.82 Å². The van der Waals surface area contributed by atoms with E-state index in [1.807, 2.05) is 0 Å². The van der Waals surface area contributed by atoms with Crippen LogP contribution in [-0.4, -0.2) is 19.2 Å². The average Bonchev–Trinajstić information content (AvgIpc) is 2.29. The fourth-order valence-corrected chi connectivity index (χ4v) is 2.55. The Bertz CT molecular complexity index is 346. The molecule has 17 heavy (non-hydrogen) atoms. The normalized spacial score (nSPS) is 20.2. The van der Waals surface area contributed by atoms with E-state index in [0.29, 0.717) is 22.9 Å². The highest BCUT2D eigenvalue weighted by atomic mass is 79.9. The molecule has 0 aliphatic carbocycles. The Morgan fingerprint density at radius 1 is 1.35 bits per heavy atom. The van der Waals surface area contributed by atoms with Gasteiger partial charge in [0.15, 0.2) is 0 Å². The first-order valence-electron chi connectivity index (χ1n) is 6.06. The Hall–Kier alpha value is -0.610. The second-order valence-corrected chi connectivity index (χ2v) is 5.30. The van der Waals surface area contributed by atoms with Crippen LogP contribution < -0.4 is 10.1 Å². The van der Waals surface area contributed by atoms with Crippen molar-refractivity contribution in [3.05, 3.63) is 28.5 Å². The van der Waals surface area contributed by atoms with E-state index in [1.165, 1.54) is 31.4 Å². The molecule has 0 amide bonds. The number of hydrogen-bond donors (Lipinski definition) is 1. The average molecular weight is 302 g/mol. The molecule has 4 heteroatoms. The Morgan fingerprint density at radius 2 is 2.24 bits per heavy atom. The monoisotopic (exact) mass is 301 g/mol. The zero-order valence-corrected chi connectivity index (χ0v) is 11.3. The first kappa shape index (κ1) is 12.8. The molecule has 0 bridgehead atoms. The van der Waals surface area contributed by atoms with Gasteiger partial charge in [-0.05, 0) is 37.9 Å². The molecule has 1 aromatic rings. The standard InChI is InChI=1S/C13H17BrFNO/c14-10-7-11(15)9-13(8-10)17-6-4-12-3-1-2-5-16-12/h7-9,12,16H,1-6H2. The number of hydrogen-bond acceptors (Lipinski definition) is 2. The molecule has 0 saturated carbocycles. The first-order valence-corrected chi connectivity index (χ1v) is 6.85. The van der Waals surface area contributed by atoms with Crippen LogP contribution in [0.1, 0.15) is 25.7 Å². The van der Waals surface area contributed by atoms with Gasteiger partial charge in [0.05, 0.1) is 6.61 Å². The summed E-state index contributed by atoms with van der Waals surface area (Å²) in [4.78, 5) is 0. The molecule has 94 valence electrons. The summed E-state index contributed by atoms with van der Waals surface area (Å²) in [6, 6.07) is 5.19. The molecule has 0 spiro atoms. The summed E-state index contributed by atoms with van der Waals surface area (Å²) in [5.74, 6) is 0.317. The molecule has 2 nitrogen and oxygen atoms in total. The molecule has 1 N–H and O–H groups in total. The minimum absolute atomic E-state index is 0.273. The molecule has 1 aliphatic rings. The molecule has 1 aromatic carbocycles. The van der Waals surface area contributed by atoms with Crippen LogP contribution >= 0.6 is 15.9 Å². The van der Waals surface area contributed by atoms with Gasteiger partial charge >= 0.3 is 0 Å². The molecule has 2 rings (SSSR count). The molecular weight excluding hydrogens is 285 g/mol. The van der Waals surface area contributed by atoms with Gasteiger partial charge in [0.25, 0.3) is 0 Å². The van der Waals surface area contributed by atoms with E-state index in [0.717, 1.165) is 13.0 Å². The van der Waals surface area contributed by atoms with Crippen LogP contribution in [0.4, 0.5) is 4.39 Å². The van der Waals surface area contributed by atoms with Crippen LogP contribution in [0.5, 0.6) is 5.75 Å². The van der Waals surface area contributed by atoms with Gasteiger partial charge in [-0.25, -0.2) is 4.39 Å². The summed E-state index contributed by atoms with van der Waals surface area (Å²) in [6.07, 6.45) is 4.77. The van der Waals surface area contributed by atoms with Crippen LogP contribution in [0.15, 0.2) is 22.7 Å². The van der Waals surface area contributed by atoms with Gasteiger partial charge in [0.1, 0.15) is 11.6 Å². The molecule has 1 saturated heterocycles. The highest BCUT2D eigenvalue weighted by Gasteiger charge is 2.12. The molecule has 1 fully saturated rings. The van der Waals surface area contributed by atoms with Crippen molar-refractivity contribution in [3.63, 3.8) is 0 Å². The van der Waals surface area contributed by atoms with E-state index in [2.05, 4.69) is 21.2 Å². The summed E-state index contributed by atoms with van der Waals surface area (Å²) in [7, 11) is 0. The lowest BCUT2D eigenvalue weighted by Gasteiger charge is -2.23. The fraction of sp³-hybridized carbons (Fsp3) is 0.538. The molecule has 0 aromatic heterocycles. The molecule has 1 heterocycles. The maximum absolute atomic E-state index is 13.1. The predicted octanol–water partition coefficient (Wildman–Crippen LogP) is 3.50. The van der Waals surface area contributed by atoms with Gasteiger partial charge in [0.2, 0.25) is 0 Å². The predicted molar refractivity (Wildman–Crippen MR) is 69.9 cm³/mol. The van der Waals surface area contributed by atoms with E-state index < -0.39 is 0 Å². The highest BCUT2D eigenvalue weighted by Crippen LogP contribution is 2.21. The van der Waals surface area contributed by atoms with E-state index >= 15 is 0 Å². The van der Waals surface area contributed by atoms with Crippen LogP contribution in [-0.2, 0) is 0 Å². The summed E-state index contributed by atoms with van der Waals surface area (Å²) >= 11 is 3.25. The van der Waals surface area contributed by atoms with Crippen LogP contribution in [0.2, 0.25) is 0 Å². The second-order valence-electron chi connectivity index (χ2n) is 4.39. The molecule has 1 unspecified atom stereocenters.